The molecule has 2 N–H and O–H groups in total. The Labute approximate surface area is 133 Å². The predicted molar refractivity (Wildman–Crippen MR) is 63.2 cm³/mol. The minimum Gasteiger partial charge on any atom is -0.748 e. The van der Waals surface area contributed by atoms with Crippen LogP contribution in [0.3, 0.4) is 0 Å². The SMILES string of the molecule is Cl.O=C(O)CNc1ccc(CS(=O)(=O)[O-])cc1.[Na+]. The molecule has 0 saturated heterocycles. The number of carboxylic acids is 1. The summed E-state index contributed by atoms with van der Waals surface area (Å²) in [5.74, 6) is -1.56. The third-order valence-corrected chi connectivity index (χ3v) is 2.43. The molecule has 9 heteroatoms. The van der Waals surface area contributed by atoms with Crippen LogP contribution in [-0.2, 0) is 20.7 Å². The van der Waals surface area contributed by atoms with Gasteiger partial charge in [-0.2, -0.15) is 0 Å². The van der Waals surface area contributed by atoms with Crippen LogP contribution in [0, 0.1) is 0 Å². The Hall–Kier alpha value is -0.310. The van der Waals surface area contributed by atoms with Gasteiger partial charge in [-0.15, -0.1) is 12.4 Å². The molecule has 6 nitrogen and oxygen atoms in total. The number of carbonyl (C=O) groups is 1. The first kappa shape index (κ1) is 20.0. The van der Waals surface area contributed by atoms with E-state index < -0.39 is 21.8 Å². The Morgan fingerprint density at radius 2 is 1.78 bits per heavy atom. The van der Waals surface area contributed by atoms with E-state index in [1.165, 1.54) is 24.3 Å². The van der Waals surface area contributed by atoms with Crippen LogP contribution in [0.2, 0.25) is 0 Å². The summed E-state index contributed by atoms with van der Waals surface area (Å²) in [7, 11) is -4.28. The molecule has 0 bridgehead atoms. The van der Waals surface area contributed by atoms with Gasteiger partial charge in [0.2, 0.25) is 0 Å². The van der Waals surface area contributed by atoms with Crippen molar-refractivity contribution in [2.45, 2.75) is 5.75 Å². The molecule has 0 heterocycles. The topological polar surface area (TPSA) is 107 Å². The first-order chi connectivity index (χ1) is 7.37. The Bertz CT molecular complexity index is 476. The van der Waals surface area contributed by atoms with Crippen molar-refractivity contribution >= 4 is 34.2 Å². The van der Waals surface area contributed by atoms with Gasteiger partial charge in [-0.05, 0) is 17.7 Å². The van der Waals surface area contributed by atoms with E-state index >= 15 is 0 Å². The zero-order valence-corrected chi connectivity index (χ0v) is 13.3. The molecule has 96 valence electrons. The molecule has 0 radical (unpaired) electrons. The Balaban J connectivity index is 0. The van der Waals surface area contributed by atoms with Crippen LogP contribution in [0.4, 0.5) is 5.69 Å². The molecule has 0 aliphatic rings. The standard InChI is InChI=1S/C9H11NO5S.ClH.Na/c11-9(12)5-10-8-3-1-7(2-4-8)6-16(13,14)15;;/h1-4,10H,5-6H2,(H,11,12)(H,13,14,15);1H;/q;;+1/p-1. The summed E-state index contributed by atoms with van der Waals surface area (Å²) in [6.07, 6.45) is 0. The number of halogens is 1. The van der Waals surface area contributed by atoms with Crippen LogP contribution in [0.25, 0.3) is 0 Å². The summed E-state index contributed by atoms with van der Waals surface area (Å²) in [4.78, 5) is 10.2. The zero-order valence-electron chi connectivity index (χ0n) is 9.62. The molecule has 1 aromatic rings. The maximum Gasteiger partial charge on any atom is 1.00 e. The van der Waals surface area contributed by atoms with Crippen molar-refractivity contribution < 1.29 is 52.4 Å². The average Bonchev–Trinajstić information content (AvgIpc) is 2.14. The first-order valence-corrected chi connectivity index (χ1v) is 5.93. The maximum absolute atomic E-state index is 10.5. The molecule has 1 rings (SSSR count). The van der Waals surface area contributed by atoms with Gasteiger partial charge in [-0.25, -0.2) is 8.42 Å². The van der Waals surface area contributed by atoms with Gasteiger partial charge in [0.05, 0.1) is 15.9 Å². The van der Waals surface area contributed by atoms with E-state index in [2.05, 4.69) is 5.32 Å². The summed E-state index contributed by atoms with van der Waals surface area (Å²) >= 11 is 0. The van der Waals surface area contributed by atoms with E-state index in [0.29, 0.717) is 11.3 Å². The molecule has 0 aliphatic heterocycles. The molecule has 0 aliphatic carbocycles. The molecule has 0 spiro atoms. The molecule has 18 heavy (non-hydrogen) atoms. The van der Waals surface area contributed by atoms with Gasteiger partial charge in [0.25, 0.3) is 0 Å². The molecular formula is C9H11ClNNaO5S. The van der Waals surface area contributed by atoms with Crippen LogP contribution >= 0.6 is 12.4 Å². The molecule has 0 fully saturated rings. The minimum absolute atomic E-state index is 0. The smallest absolute Gasteiger partial charge is 0.748 e. The normalized spacial score (nSPS) is 9.83. The van der Waals surface area contributed by atoms with E-state index in [1.807, 2.05) is 0 Å². The third-order valence-electron chi connectivity index (χ3n) is 1.74. The van der Waals surface area contributed by atoms with Gasteiger partial charge in [0, 0.05) is 5.69 Å². The Morgan fingerprint density at radius 3 is 2.17 bits per heavy atom. The number of nitrogens with one attached hydrogen (secondary N) is 1. The van der Waals surface area contributed by atoms with Crippen LogP contribution in [0.1, 0.15) is 5.56 Å². The number of rotatable bonds is 5. The van der Waals surface area contributed by atoms with E-state index in [9.17, 15) is 17.8 Å². The van der Waals surface area contributed by atoms with Gasteiger partial charge in [0.15, 0.2) is 0 Å². The van der Waals surface area contributed by atoms with Crippen molar-refractivity contribution in [1.82, 2.24) is 0 Å². The number of anilines is 1. The van der Waals surface area contributed by atoms with Crippen molar-refractivity contribution in [2.24, 2.45) is 0 Å². The first-order valence-electron chi connectivity index (χ1n) is 4.35. The summed E-state index contributed by atoms with van der Waals surface area (Å²) in [5.41, 5.74) is 0.922. The van der Waals surface area contributed by atoms with Gasteiger partial charge in [0.1, 0.15) is 6.54 Å². The number of aliphatic carboxylic acids is 1. The maximum atomic E-state index is 10.5. The van der Waals surface area contributed by atoms with E-state index in [4.69, 9.17) is 5.11 Å². The van der Waals surface area contributed by atoms with E-state index in [1.54, 1.807) is 0 Å². The van der Waals surface area contributed by atoms with Crippen LogP contribution in [0.5, 0.6) is 0 Å². The fourth-order valence-electron chi connectivity index (χ4n) is 1.10. The summed E-state index contributed by atoms with van der Waals surface area (Å²) < 4.78 is 31.4. The predicted octanol–water partition coefficient (Wildman–Crippen LogP) is -2.35. The summed E-state index contributed by atoms with van der Waals surface area (Å²) in [6.45, 7) is -0.223. The van der Waals surface area contributed by atoms with Gasteiger partial charge in [-0.1, -0.05) is 12.1 Å². The minimum atomic E-state index is -4.28. The van der Waals surface area contributed by atoms with Crippen molar-refractivity contribution in [1.29, 1.82) is 0 Å². The number of carboxylic acid groups (broad SMARTS) is 1. The van der Waals surface area contributed by atoms with Crippen molar-refractivity contribution in [3.8, 4) is 0 Å². The monoisotopic (exact) mass is 303 g/mol. The van der Waals surface area contributed by atoms with Crippen molar-refractivity contribution in [2.75, 3.05) is 11.9 Å². The van der Waals surface area contributed by atoms with Gasteiger partial charge in [-0.3, -0.25) is 4.79 Å². The second-order valence-electron chi connectivity index (χ2n) is 3.15. The molecular weight excluding hydrogens is 293 g/mol. The van der Waals surface area contributed by atoms with Crippen LogP contribution in [0.15, 0.2) is 24.3 Å². The van der Waals surface area contributed by atoms with E-state index in [0.717, 1.165) is 0 Å². The average molecular weight is 304 g/mol. The van der Waals surface area contributed by atoms with Gasteiger partial charge >= 0.3 is 35.5 Å². The molecule has 0 unspecified atom stereocenters. The van der Waals surface area contributed by atoms with Crippen molar-refractivity contribution in [3.63, 3.8) is 0 Å². The quantitative estimate of drug-likeness (QED) is 0.466. The molecule has 0 amide bonds. The van der Waals surface area contributed by atoms with Gasteiger partial charge < -0.3 is 15.0 Å². The number of benzene rings is 1. The molecule has 0 aromatic heterocycles. The second kappa shape index (κ2) is 8.73. The van der Waals surface area contributed by atoms with E-state index in [-0.39, 0.29) is 48.5 Å². The molecule has 0 atom stereocenters. The third kappa shape index (κ3) is 8.73. The number of hydrogen-bond acceptors (Lipinski definition) is 5. The number of hydrogen-bond donors (Lipinski definition) is 2. The van der Waals surface area contributed by atoms with Crippen LogP contribution in [-0.4, -0.2) is 30.6 Å². The fourth-order valence-corrected chi connectivity index (χ4v) is 1.70. The fraction of sp³-hybridized carbons (Fsp3) is 0.222. The van der Waals surface area contributed by atoms with Crippen LogP contribution < -0.4 is 34.9 Å². The molecule has 1 aromatic carbocycles. The largest absolute Gasteiger partial charge is 1.00 e. The summed E-state index contributed by atoms with van der Waals surface area (Å²) in [6, 6.07) is 5.95. The summed E-state index contributed by atoms with van der Waals surface area (Å²) in [5, 5.41) is 11.0. The zero-order chi connectivity index (χ0) is 12.2. The van der Waals surface area contributed by atoms with Crippen molar-refractivity contribution in [3.05, 3.63) is 29.8 Å². The second-order valence-corrected chi connectivity index (χ2v) is 4.55. The molecule has 0 saturated carbocycles. The Morgan fingerprint density at radius 1 is 1.28 bits per heavy atom. The Kier molecular flexibility index (Phi) is 9.71.